The first-order chi connectivity index (χ1) is 10.8. The van der Waals surface area contributed by atoms with Crippen LogP contribution >= 0.6 is 0 Å². The number of imidazole rings is 1. The van der Waals surface area contributed by atoms with E-state index in [2.05, 4.69) is 19.7 Å². The SMILES string of the molecule is Nc1ncnc2c1ncn2[C@@H]1O[C@H](CO)[C@@H](O)[C@H]1OC(F)(F)F. The Morgan fingerprint density at radius 2 is 2.09 bits per heavy atom. The molecule has 0 saturated carbocycles. The van der Waals surface area contributed by atoms with E-state index in [9.17, 15) is 18.3 Å². The maximum atomic E-state index is 12.6. The molecule has 3 rings (SSSR count). The van der Waals surface area contributed by atoms with E-state index >= 15 is 0 Å². The number of alkyl halides is 3. The van der Waals surface area contributed by atoms with Gasteiger partial charge in [0.1, 0.15) is 30.2 Å². The molecule has 2 aromatic rings. The Balaban J connectivity index is 2.02. The van der Waals surface area contributed by atoms with Crippen LogP contribution in [0.5, 0.6) is 0 Å². The number of nitrogen functional groups attached to an aromatic ring is 1. The lowest BCUT2D eigenvalue weighted by atomic mass is 10.1. The molecule has 2 aromatic heterocycles. The van der Waals surface area contributed by atoms with E-state index in [-0.39, 0.29) is 17.0 Å². The van der Waals surface area contributed by atoms with Crippen LogP contribution in [0.3, 0.4) is 0 Å². The Hall–Kier alpha value is -2.02. The van der Waals surface area contributed by atoms with Crippen molar-refractivity contribution in [1.29, 1.82) is 0 Å². The highest BCUT2D eigenvalue weighted by atomic mass is 19.4. The van der Waals surface area contributed by atoms with Crippen molar-refractivity contribution >= 4 is 17.0 Å². The summed E-state index contributed by atoms with van der Waals surface area (Å²) in [5.74, 6) is 0.0410. The molecule has 0 unspecified atom stereocenters. The zero-order valence-corrected chi connectivity index (χ0v) is 11.4. The van der Waals surface area contributed by atoms with E-state index in [1.165, 1.54) is 0 Å². The predicted molar refractivity (Wildman–Crippen MR) is 67.7 cm³/mol. The summed E-state index contributed by atoms with van der Waals surface area (Å²) in [6.07, 6.45) is -8.87. The minimum Gasteiger partial charge on any atom is -0.394 e. The Morgan fingerprint density at radius 1 is 1.35 bits per heavy atom. The smallest absolute Gasteiger partial charge is 0.394 e. The Kier molecular flexibility index (Phi) is 3.83. The van der Waals surface area contributed by atoms with Gasteiger partial charge in [-0.25, -0.2) is 15.0 Å². The highest BCUT2D eigenvalue weighted by Gasteiger charge is 2.50. The number of hydrogen-bond donors (Lipinski definition) is 3. The van der Waals surface area contributed by atoms with Gasteiger partial charge in [0.2, 0.25) is 0 Å². The van der Waals surface area contributed by atoms with Gasteiger partial charge in [-0.2, -0.15) is 0 Å². The third kappa shape index (κ3) is 2.81. The summed E-state index contributed by atoms with van der Waals surface area (Å²) in [6.45, 7) is -0.681. The van der Waals surface area contributed by atoms with Gasteiger partial charge in [-0.05, 0) is 0 Å². The van der Waals surface area contributed by atoms with Crippen LogP contribution in [0.15, 0.2) is 12.7 Å². The fourth-order valence-electron chi connectivity index (χ4n) is 2.43. The van der Waals surface area contributed by atoms with Crippen molar-refractivity contribution in [2.45, 2.75) is 30.9 Å². The fourth-order valence-corrected chi connectivity index (χ4v) is 2.43. The minimum absolute atomic E-state index is 0.0410. The van der Waals surface area contributed by atoms with Gasteiger partial charge in [0.25, 0.3) is 0 Å². The number of rotatable bonds is 3. The Labute approximate surface area is 126 Å². The number of halogens is 3. The topological polar surface area (TPSA) is 129 Å². The maximum absolute atomic E-state index is 12.6. The largest absolute Gasteiger partial charge is 0.523 e. The van der Waals surface area contributed by atoms with E-state index in [0.717, 1.165) is 17.2 Å². The van der Waals surface area contributed by atoms with Gasteiger partial charge in [0.15, 0.2) is 17.7 Å². The van der Waals surface area contributed by atoms with Crippen molar-refractivity contribution in [2.24, 2.45) is 0 Å². The average molecular weight is 335 g/mol. The van der Waals surface area contributed by atoms with Crippen LogP contribution in [-0.4, -0.2) is 61.0 Å². The van der Waals surface area contributed by atoms with E-state index in [1.807, 2.05) is 0 Å². The Bertz CT molecular complexity index is 709. The molecule has 1 aliphatic rings. The second-order valence-electron chi connectivity index (χ2n) is 4.85. The molecule has 126 valence electrons. The molecule has 0 bridgehead atoms. The molecule has 4 N–H and O–H groups in total. The van der Waals surface area contributed by atoms with Crippen molar-refractivity contribution in [3.63, 3.8) is 0 Å². The first kappa shape index (κ1) is 15.9. The third-order valence-corrected chi connectivity index (χ3v) is 3.42. The molecular formula is C11H12F3N5O4. The van der Waals surface area contributed by atoms with Crippen molar-refractivity contribution in [3.8, 4) is 0 Å². The lowest BCUT2D eigenvalue weighted by Crippen LogP contribution is -2.39. The van der Waals surface area contributed by atoms with Gasteiger partial charge >= 0.3 is 6.36 Å². The summed E-state index contributed by atoms with van der Waals surface area (Å²) >= 11 is 0. The van der Waals surface area contributed by atoms with Crippen LogP contribution < -0.4 is 5.73 Å². The van der Waals surface area contributed by atoms with E-state index in [4.69, 9.17) is 15.6 Å². The summed E-state index contributed by atoms with van der Waals surface area (Å²) in [6, 6.07) is 0. The quantitative estimate of drug-likeness (QED) is 0.689. The first-order valence-corrected chi connectivity index (χ1v) is 6.43. The molecule has 12 heteroatoms. The molecule has 0 amide bonds. The minimum atomic E-state index is -5.00. The van der Waals surface area contributed by atoms with Crippen molar-refractivity contribution in [3.05, 3.63) is 12.7 Å². The number of aliphatic hydroxyl groups excluding tert-OH is 2. The zero-order chi connectivity index (χ0) is 16.8. The molecule has 23 heavy (non-hydrogen) atoms. The van der Waals surface area contributed by atoms with E-state index in [1.54, 1.807) is 0 Å². The molecule has 1 saturated heterocycles. The van der Waals surface area contributed by atoms with Gasteiger partial charge in [-0.1, -0.05) is 0 Å². The van der Waals surface area contributed by atoms with Crippen molar-refractivity contribution < 1.29 is 32.9 Å². The van der Waals surface area contributed by atoms with Crippen LogP contribution in [-0.2, 0) is 9.47 Å². The number of nitrogens with zero attached hydrogens (tertiary/aromatic N) is 4. The van der Waals surface area contributed by atoms with E-state index in [0.29, 0.717) is 0 Å². The highest BCUT2D eigenvalue weighted by molar-refractivity contribution is 5.81. The highest BCUT2D eigenvalue weighted by Crippen LogP contribution is 2.37. The third-order valence-electron chi connectivity index (χ3n) is 3.42. The molecule has 3 heterocycles. The number of nitrogens with two attached hydrogens (primary N) is 1. The average Bonchev–Trinajstić information content (AvgIpc) is 3.01. The predicted octanol–water partition coefficient (Wildman–Crippen LogP) is -0.436. The number of aliphatic hydroxyl groups is 2. The summed E-state index contributed by atoms with van der Waals surface area (Å²) in [4.78, 5) is 11.5. The van der Waals surface area contributed by atoms with Gasteiger partial charge in [-0.15, -0.1) is 13.2 Å². The summed E-state index contributed by atoms with van der Waals surface area (Å²) in [5.41, 5.74) is 5.90. The van der Waals surface area contributed by atoms with Gasteiger partial charge < -0.3 is 20.7 Å². The monoisotopic (exact) mass is 335 g/mol. The lowest BCUT2D eigenvalue weighted by Gasteiger charge is -2.22. The van der Waals surface area contributed by atoms with Crippen molar-refractivity contribution in [2.75, 3.05) is 12.3 Å². The normalized spacial score (nSPS) is 28.6. The molecule has 0 aromatic carbocycles. The number of hydrogen-bond acceptors (Lipinski definition) is 8. The Morgan fingerprint density at radius 3 is 2.74 bits per heavy atom. The summed E-state index contributed by atoms with van der Waals surface area (Å²) < 4.78 is 48.1. The standard InChI is InChI=1S/C11H12F3N5O4/c12-11(13,14)23-7-6(21)4(1-20)22-10(7)19-3-18-5-8(15)16-2-17-9(5)19/h2-4,6-7,10,20-21H,1H2,(H2,15,16,17)/t4-,6-,7-,10-/m1/s1. The van der Waals surface area contributed by atoms with Gasteiger partial charge in [0, 0.05) is 0 Å². The fraction of sp³-hybridized carbons (Fsp3) is 0.545. The molecule has 0 radical (unpaired) electrons. The van der Waals surface area contributed by atoms with Gasteiger partial charge in [0.05, 0.1) is 12.9 Å². The van der Waals surface area contributed by atoms with Crippen molar-refractivity contribution in [1.82, 2.24) is 19.5 Å². The molecule has 0 aliphatic carbocycles. The molecule has 4 atom stereocenters. The van der Waals surface area contributed by atoms with Crippen LogP contribution in [0.4, 0.5) is 19.0 Å². The van der Waals surface area contributed by atoms with Crippen LogP contribution in [0.25, 0.3) is 11.2 Å². The zero-order valence-electron chi connectivity index (χ0n) is 11.4. The second kappa shape index (κ2) is 5.56. The number of fused-ring (bicyclic) bond motifs is 1. The molecule has 9 nitrogen and oxygen atoms in total. The first-order valence-electron chi connectivity index (χ1n) is 6.43. The second-order valence-corrected chi connectivity index (χ2v) is 4.85. The van der Waals surface area contributed by atoms with Crippen LogP contribution in [0, 0.1) is 0 Å². The van der Waals surface area contributed by atoms with Crippen LogP contribution in [0.2, 0.25) is 0 Å². The molecule has 0 spiro atoms. The van der Waals surface area contributed by atoms with Gasteiger partial charge in [-0.3, -0.25) is 9.30 Å². The molecule has 1 aliphatic heterocycles. The maximum Gasteiger partial charge on any atom is 0.523 e. The lowest BCUT2D eigenvalue weighted by molar-refractivity contribution is -0.355. The number of aromatic nitrogens is 4. The summed E-state index contributed by atoms with van der Waals surface area (Å²) in [5, 5.41) is 19.0. The summed E-state index contributed by atoms with van der Waals surface area (Å²) in [7, 11) is 0. The van der Waals surface area contributed by atoms with E-state index < -0.39 is 37.5 Å². The molecule has 1 fully saturated rings. The van der Waals surface area contributed by atoms with Crippen LogP contribution in [0.1, 0.15) is 6.23 Å². The number of anilines is 1. The molecular weight excluding hydrogens is 323 g/mol. The number of ether oxygens (including phenoxy) is 2.